The lowest BCUT2D eigenvalue weighted by Gasteiger charge is -2.58. The van der Waals surface area contributed by atoms with Crippen LogP contribution in [0.25, 0.3) is 0 Å². The molecule has 0 spiro atoms. The number of hydrogen-bond acceptors (Lipinski definition) is 11. The maximum absolute atomic E-state index is 13.3. The zero-order chi connectivity index (χ0) is 47.9. The average Bonchev–Trinajstić information content (AvgIpc) is 3.61. The highest BCUT2D eigenvalue weighted by atomic mass is 16.4. The van der Waals surface area contributed by atoms with Gasteiger partial charge in [-0.3, -0.25) is 24.0 Å². The van der Waals surface area contributed by atoms with Gasteiger partial charge in [0.2, 0.25) is 29.5 Å². The minimum absolute atomic E-state index is 0.0754. The summed E-state index contributed by atoms with van der Waals surface area (Å²) < 4.78 is 0. The molecule has 4 aliphatic carbocycles. The Morgan fingerprint density at radius 3 is 2.05 bits per heavy atom. The Morgan fingerprint density at radius 2 is 1.38 bits per heavy atom. The molecule has 368 valence electrons. The third-order valence-corrected chi connectivity index (χ3v) is 15.7. The van der Waals surface area contributed by atoms with E-state index in [1.54, 1.807) is 12.5 Å². The summed E-state index contributed by atoms with van der Waals surface area (Å²) in [5.74, 6) is -1.81. The molecule has 4 aliphatic rings. The minimum atomic E-state index is -1.50. The van der Waals surface area contributed by atoms with Crippen LogP contribution >= 0.6 is 0 Å². The number of fused-ring (bicyclic) bond motifs is 5. The van der Waals surface area contributed by atoms with E-state index in [1.807, 2.05) is 0 Å². The molecule has 0 aromatic carbocycles. The summed E-state index contributed by atoms with van der Waals surface area (Å²) in [6, 6.07) is -3.00. The Balaban J connectivity index is 1.22. The summed E-state index contributed by atoms with van der Waals surface area (Å²) in [6.45, 7) is 13.3. The maximum Gasteiger partial charge on any atom is 0.243 e. The highest BCUT2D eigenvalue weighted by Gasteiger charge is 2.59. The Hall–Kier alpha value is -4.05. The number of carbonyl (C=O) groups excluding carboxylic acids is 7. The van der Waals surface area contributed by atoms with Crippen molar-refractivity contribution in [3.63, 3.8) is 0 Å². The van der Waals surface area contributed by atoms with Crippen molar-refractivity contribution in [3.05, 3.63) is 11.6 Å². The third-order valence-electron chi connectivity index (χ3n) is 15.7. The van der Waals surface area contributed by atoms with Crippen LogP contribution < -0.4 is 42.1 Å². The van der Waals surface area contributed by atoms with Crippen molar-refractivity contribution in [1.82, 2.24) is 31.9 Å². The molecular formula is C49H80N6O10-2. The molecule has 16 heteroatoms. The first kappa shape index (κ1) is 53.6. The zero-order valence-electron chi connectivity index (χ0n) is 40.0. The molecule has 0 saturated heterocycles. The van der Waals surface area contributed by atoms with Gasteiger partial charge in [-0.1, -0.05) is 65.5 Å². The van der Waals surface area contributed by atoms with Crippen molar-refractivity contribution in [2.75, 3.05) is 26.2 Å². The summed E-state index contributed by atoms with van der Waals surface area (Å²) in [7, 11) is 0. The highest BCUT2D eigenvalue weighted by Crippen LogP contribution is 2.67. The number of amides is 5. The Bertz CT molecular complexity index is 1690. The van der Waals surface area contributed by atoms with Crippen LogP contribution in [-0.2, 0) is 33.6 Å². The Morgan fingerprint density at radius 1 is 0.708 bits per heavy atom. The van der Waals surface area contributed by atoms with E-state index >= 15 is 0 Å². The van der Waals surface area contributed by atoms with Crippen LogP contribution in [0.15, 0.2) is 11.6 Å². The van der Waals surface area contributed by atoms with Crippen LogP contribution in [0.4, 0.5) is 0 Å². The molecular weight excluding hydrogens is 833 g/mol. The van der Waals surface area contributed by atoms with Gasteiger partial charge in [-0.05, 0) is 150 Å². The molecule has 0 aromatic heterocycles. The molecule has 7 N–H and O–H groups in total. The molecule has 0 radical (unpaired) electrons. The Labute approximate surface area is 386 Å². The monoisotopic (exact) mass is 913 g/mol. The maximum atomic E-state index is 13.3. The molecule has 0 bridgehead atoms. The first-order valence-corrected chi connectivity index (χ1v) is 24.6. The predicted molar refractivity (Wildman–Crippen MR) is 242 cm³/mol. The van der Waals surface area contributed by atoms with E-state index in [2.05, 4.69) is 72.6 Å². The smallest absolute Gasteiger partial charge is 0.243 e. The lowest BCUT2D eigenvalue weighted by Crippen LogP contribution is -2.55. The minimum Gasteiger partial charge on any atom is -0.550 e. The number of carbonyl (C=O) groups is 7. The number of unbranched alkanes of at least 4 members (excludes halogenated alkanes) is 1. The number of hydrogen-bond donors (Lipinski definition) is 7. The molecule has 3 fully saturated rings. The van der Waals surface area contributed by atoms with E-state index in [0.717, 1.165) is 54.9 Å². The van der Waals surface area contributed by atoms with Crippen molar-refractivity contribution < 1.29 is 48.9 Å². The van der Waals surface area contributed by atoms with Gasteiger partial charge in [-0.25, -0.2) is 0 Å². The van der Waals surface area contributed by atoms with E-state index in [0.29, 0.717) is 24.3 Å². The fourth-order valence-electron chi connectivity index (χ4n) is 12.1. The molecule has 3 saturated carbocycles. The topological polar surface area (TPSA) is 258 Å². The normalized spacial score (nSPS) is 27.6. The van der Waals surface area contributed by atoms with Crippen molar-refractivity contribution >= 4 is 41.5 Å². The number of aliphatic hydroxyl groups is 1. The van der Waals surface area contributed by atoms with Crippen LogP contribution in [0, 0.1) is 46.3 Å². The Kier molecular flexibility index (Phi) is 20.8. The molecule has 0 aliphatic heterocycles. The second-order valence-electron chi connectivity index (χ2n) is 20.8. The first-order chi connectivity index (χ1) is 30.8. The largest absolute Gasteiger partial charge is 0.550 e. The quantitative estimate of drug-likeness (QED) is 0.0463. The van der Waals surface area contributed by atoms with Gasteiger partial charge >= 0.3 is 0 Å². The lowest BCUT2D eigenvalue weighted by atomic mass is 9.47. The van der Waals surface area contributed by atoms with Crippen LogP contribution in [0.5, 0.6) is 0 Å². The van der Waals surface area contributed by atoms with Crippen LogP contribution in [0.1, 0.15) is 157 Å². The van der Waals surface area contributed by atoms with Gasteiger partial charge in [-0.15, -0.1) is 0 Å². The fourth-order valence-corrected chi connectivity index (χ4v) is 12.1. The van der Waals surface area contributed by atoms with E-state index in [1.165, 1.54) is 57.8 Å². The lowest BCUT2D eigenvalue weighted by molar-refractivity contribution is -0.307. The second-order valence-corrected chi connectivity index (χ2v) is 20.8. The SMILES string of the molecule is CC(C)CCC[C@@H](C)C1CCC2C3CC=C4C[C@@H](NCCCCC(=O)N[C@@H](CCC(=O)[O-])C(=O)N[C@@H](CCC(=O)[O-])C(=O)NCC(=O)NCC(=O)N[C@H](C)CO)CCC4(C)C3CCC21C. The molecule has 16 nitrogen and oxygen atoms in total. The third kappa shape index (κ3) is 15.5. The number of allylic oxidation sites excluding steroid dienone is 1. The number of carboxylic acids is 2. The standard InChI is InChI=1S/C49H82N6O10/c1-30(2)10-9-11-31(3)36-15-16-37-35-14-13-33-26-34(21-23-48(33,5)38(35)22-24-49(36,37)6)50-25-8-7-12-41(57)54-40(18-20-45(62)63)47(65)55-39(17-19-44(60)61)46(64)52-27-42(58)51-28-43(59)53-32(4)29-56/h13,30-32,34-40,50,56H,7-12,14-29H2,1-6H3,(H,51,58)(H,52,64)(H,53,59)(H,54,57)(H,55,65)(H,60,61)(H,62,63)/p-2/t31-,32-,34+,35?,36?,37?,38?,39+,40+,48?,49?/m1/s1. The van der Waals surface area contributed by atoms with Gasteiger partial charge < -0.3 is 56.8 Å². The van der Waals surface area contributed by atoms with E-state index in [4.69, 9.17) is 5.11 Å². The molecule has 65 heavy (non-hydrogen) atoms. The fraction of sp³-hybridized carbons (Fsp3) is 0.816. The van der Waals surface area contributed by atoms with Crippen molar-refractivity contribution in [1.29, 1.82) is 0 Å². The number of rotatable bonds is 27. The van der Waals surface area contributed by atoms with Gasteiger partial charge in [0.1, 0.15) is 12.1 Å². The highest BCUT2D eigenvalue weighted by molar-refractivity contribution is 5.94. The number of aliphatic hydroxyl groups excluding tert-OH is 1. The molecule has 0 heterocycles. The van der Waals surface area contributed by atoms with Crippen LogP contribution in [0.3, 0.4) is 0 Å². The van der Waals surface area contributed by atoms with Crippen LogP contribution in [-0.4, -0.2) is 97.0 Å². The summed E-state index contributed by atoms with van der Waals surface area (Å²) in [6.07, 6.45) is 16.0. The summed E-state index contributed by atoms with van der Waals surface area (Å²) in [4.78, 5) is 86.0. The number of aliphatic carboxylic acids is 2. The zero-order valence-corrected chi connectivity index (χ0v) is 40.0. The predicted octanol–water partition coefficient (Wildman–Crippen LogP) is 1.92. The average molecular weight is 913 g/mol. The van der Waals surface area contributed by atoms with Crippen molar-refractivity contribution in [2.45, 2.75) is 181 Å². The summed E-state index contributed by atoms with van der Waals surface area (Å²) in [5.41, 5.74) is 2.35. The van der Waals surface area contributed by atoms with Gasteiger partial charge in [0.15, 0.2) is 0 Å². The molecule has 11 atom stereocenters. The van der Waals surface area contributed by atoms with Gasteiger partial charge in [0.25, 0.3) is 0 Å². The summed E-state index contributed by atoms with van der Waals surface area (Å²) >= 11 is 0. The molecule has 5 amide bonds. The first-order valence-electron chi connectivity index (χ1n) is 24.6. The van der Waals surface area contributed by atoms with E-state index in [9.17, 15) is 43.8 Å². The van der Waals surface area contributed by atoms with Crippen molar-refractivity contribution in [3.8, 4) is 0 Å². The number of nitrogens with one attached hydrogen (secondary N) is 6. The van der Waals surface area contributed by atoms with Gasteiger partial charge in [0, 0.05) is 30.4 Å². The van der Waals surface area contributed by atoms with E-state index < -0.39 is 92.0 Å². The van der Waals surface area contributed by atoms with Crippen molar-refractivity contribution in [2.24, 2.45) is 46.3 Å². The second kappa shape index (κ2) is 25.2. The molecule has 0 aromatic rings. The van der Waals surface area contributed by atoms with Crippen LogP contribution in [0.2, 0.25) is 0 Å². The molecule has 6 unspecified atom stereocenters. The molecule has 4 rings (SSSR count). The summed E-state index contributed by atoms with van der Waals surface area (Å²) in [5, 5.41) is 47.3. The van der Waals surface area contributed by atoms with Gasteiger partial charge in [0.05, 0.1) is 19.7 Å². The van der Waals surface area contributed by atoms with Gasteiger partial charge in [-0.2, -0.15) is 0 Å². The number of carboxylic acid groups (broad SMARTS) is 2. The van der Waals surface area contributed by atoms with E-state index in [-0.39, 0.29) is 24.9 Å².